The van der Waals surface area contributed by atoms with Gasteiger partial charge in [-0.3, -0.25) is 0 Å². The second-order valence-electron chi connectivity index (χ2n) is 7.93. The Hall–Kier alpha value is -2.72. The molecular formula is C21H17ClF5N3O2. The van der Waals surface area contributed by atoms with E-state index in [1.54, 1.807) is 6.92 Å². The van der Waals surface area contributed by atoms with Crippen LogP contribution in [0.25, 0.3) is 10.9 Å². The first-order valence-electron chi connectivity index (χ1n) is 9.52. The first-order chi connectivity index (χ1) is 14.8. The lowest BCUT2D eigenvalue weighted by Gasteiger charge is -2.45. The molecule has 0 aliphatic heterocycles. The largest absolute Gasteiger partial charge is 0.505 e. The van der Waals surface area contributed by atoms with E-state index < -0.39 is 52.6 Å². The van der Waals surface area contributed by atoms with Gasteiger partial charge in [-0.15, -0.1) is 0 Å². The number of phenols is 1. The first kappa shape index (κ1) is 22.5. The number of hydrogen-bond acceptors (Lipinski definition) is 5. The van der Waals surface area contributed by atoms with Crippen LogP contribution in [0.4, 0.5) is 27.6 Å². The Morgan fingerprint density at radius 2 is 1.91 bits per heavy atom. The zero-order chi connectivity index (χ0) is 23.6. The smallest absolute Gasteiger partial charge is 0.419 e. The van der Waals surface area contributed by atoms with Crippen LogP contribution >= 0.6 is 11.6 Å². The summed E-state index contributed by atoms with van der Waals surface area (Å²) in [6.45, 7) is 2.89. The van der Waals surface area contributed by atoms with E-state index in [1.165, 1.54) is 13.1 Å². The average Bonchev–Trinajstić information content (AvgIpc) is 2.67. The normalized spacial score (nSPS) is 23.3. The Labute approximate surface area is 183 Å². The molecule has 3 atom stereocenters. The second kappa shape index (κ2) is 7.41. The minimum Gasteiger partial charge on any atom is -0.505 e. The van der Waals surface area contributed by atoms with E-state index in [4.69, 9.17) is 11.6 Å². The molecule has 0 saturated heterocycles. The predicted octanol–water partition coefficient (Wildman–Crippen LogP) is 5.53. The van der Waals surface area contributed by atoms with Gasteiger partial charge in [0.05, 0.1) is 16.6 Å². The van der Waals surface area contributed by atoms with Gasteiger partial charge in [0.2, 0.25) is 0 Å². The number of anilines is 1. The molecule has 0 amide bonds. The number of aromatic hydroxyl groups is 1. The van der Waals surface area contributed by atoms with Gasteiger partial charge in [0, 0.05) is 28.9 Å². The molecule has 1 aromatic heterocycles. The number of fused-ring (bicyclic) bond motifs is 2. The molecule has 0 fully saturated rings. The molecule has 11 heteroatoms. The van der Waals surface area contributed by atoms with Gasteiger partial charge >= 0.3 is 6.18 Å². The molecule has 2 aromatic carbocycles. The number of halogens is 6. The number of alkyl halides is 3. The average molecular weight is 474 g/mol. The number of benzene rings is 2. The maximum Gasteiger partial charge on any atom is 0.419 e. The van der Waals surface area contributed by atoms with Crippen molar-refractivity contribution in [1.82, 2.24) is 9.97 Å². The van der Waals surface area contributed by atoms with E-state index in [0.29, 0.717) is 5.82 Å². The minimum atomic E-state index is -5.12. The number of nitrogens with zero attached hydrogens (tertiary/aromatic N) is 2. The first-order valence-corrected chi connectivity index (χ1v) is 9.90. The summed E-state index contributed by atoms with van der Waals surface area (Å²) in [5.74, 6) is -3.58. The van der Waals surface area contributed by atoms with E-state index in [9.17, 15) is 32.2 Å². The van der Waals surface area contributed by atoms with Crippen LogP contribution in [-0.4, -0.2) is 32.0 Å². The third-order valence-electron chi connectivity index (χ3n) is 5.74. The maximum atomic E-state index is 14.3. The Bertz CT molecular complexity index is 1230. The van der Waals surface area contributed by atoms with Gasteiger partial charge in [0.15, 0.2) is 17.2 Å². The van der Waals surface area contributed by atoms with Gasteiger partial charge < -0.3 is 15.5 Å². The Morgan fingerprint density at radius 1 is 1.22 bits per heavy atom. The number of aromatic nitrogens is 2. The maximum absolute atomic E-state index is 14.3. The van der Waals surface area contributed by atoms with Crippen LogP contribution < -0.4 is 5.32 Å². The second-order valence-corrected chi connectivity index (χ2v) is 8.34. The van der Waals surface area contributed by atoms with Crippen LogP contribution in [0, 0.1) is 18.6 Å². The van der Waals surface area contributed by atoms with E-state index in [0.717, 1.165) is 18.2 Å². The molecule has 5 nitrogen and oxygen atoms in total. The van der Waals surface area contributed by atoms with Crippen molar-refractivity contribution in [3.05, 3.63) is 58.0 Å². The van der Waals surface area contributed by atoms with Gasteiger partial charge in [-0.1, -0.05) is 18.5 Å². The van der Waals surface area contributed by atoms with Crippen molar-refractivity contribution in [2.75, 3.05) is 5.32 Å². The summed E-state index contributed by atoms with van der Waals surface area (Å²) in [4.78, 5) is 8.09. The highest BCUT2D eigenvalue weighted by Gasteiger charge is 2.62. The van der Waals surface area contributed by atoms with E-state index in [1.807, 2.05) is 0 Å². The van der Waals surface area contributed by atoms with Crippen LogP contribution in [0.3, 0.4) is 0 Å². The highest BCUT2D eigenvalue weighted by atomic mass is 35.5. The molecule has 0 spiro atoms. The Morgan fingerprint density at radius 3 is 2.56 bits per heavy atom. The van der Waals surface area contributed by atoms with Crippen molar-refractivity contribution < 1.29 is 32.2 Å². The predicted molar refractivity (Wildman–Crippen MR) is 108 cm³/mol. The zero-order valence-corrected chi connectivity index (χ0v) is 17.5. The summed E-state index contributed by atoms with van der Waals surface area (Å²) in [7, 11) is 0. The number of phenolic OH excluding ortho intramolecular Hbond substituents is 1. The van der Waals surface area contributed by atoms with E-state index >= 15 is 0 Å². The molecule has 170 valence electrons. The third kappa shape index (κ3) is 3.41. The molecule has 1 aliphatic carbocycles. The minimum absolute atomic E-state index is 0.117. The number of aryl methyl sites for hydroxylation is 1. The summed E-state index contributed by atoms with van der Waals surface area (Å²) >= 11 is 5.81. The standard InChI is InChI=1S/C21H17ClF5N3O2/c1-8-6-20(32,21(25,26)27)19(11-5-13(22)17(24)18(31)16(8)11)30-15-4-10(23)3-14-12(15)7-28-9(2)29-14/h3-5,7-8,19,30-32H,6H2,1-2H3. The van der Waals surface area contributed by atoms with Crippen LogP contribution in [0.5, 0.6) is 5.75 Å². The van der Waals surface area contributed by atoms with Gasteiger partial charge in [-0.2, -0.15) is 13.2 Å². The van der Waals surface area contributed by atoms with E-state index in [2.05, 4.69) is 15.3 Å². The molecule has 0 bridgehead atoms. The number of nitrogens with one attached hydrogen (secondary N) is 1. The number of rotatable bonds is 2. The third-order valence-corrected chi connectivity index (χ3v) is 6.02. The summed E-state index contributed by atoms with van der Waals surface area (Å²) in [5, 5.41) is 23.3. The van der Waals surface area contributed by atoms with Crippen molar-refractivity contribution >= 4 is 28.2 Å². The zero-order valence-electron chi connectivity index (χ0n) is 16.7. The topological polar surface area (TPSA) is 78.3 Å². The van der Waals surface area contributed by atoms with Crippen molar-refractivity contribution in [3.8, 4) is 5.75 Å². The lowest BCUT2D eigenvalue weighted by molar-refractivity contribution is -0.272. The molecule has 32 heavy (non-hydrogen) atoms. The summed E-state index contributed by atoms with van der Waals surface area (Å²) < 4.78 is 70.8. The highest BCUT2D eigenvalue weighted by Crippen LogP contribution is 2.55. The molecular weight excluding hydrogens is 457 g/mol. The molecule has 1 aliphatic rings. The van der Waals surface area contributed by atoms with Gasteiger partial charge in [0.25, 0.3) is 0 Å². The van der Waals surface area contributed by atoms with Gasteiger partial charge in [0.1, 0.15) is 11.6 Å². The molecule has 3 unspecified atom stereocenters. The highest BCUT2D eigenvalue weighted by molar-refractivity contribution is 6.31. The summed E-state index contributed by atoms with van der Waals surface area (Å²) in [6, 6.07) is 1.03. The van der Waals surface area contributed by atoms with Crippen LogP contribution in [0.15, 0.2) is 24.4 Å². The monoisotopic (exact) mass is 473 g/mol. The fourth-order valence-corrected chi connectivity index (χ4v) is 4.50. The summed E-state index contributed by atoms with van der Waals surface area (Å²) in [5.41, 5.74) is -3.69. The molecule has 0 saturated carbocycles. The SMILES string of the molecule is Cc1ncc2c(NC3c4cc(Cl)c(F)c(O)c4C(C)CC3(O)C(F)(F)F)cc(F)cc2n1. The molecule has 3 N–H and O–H groups in total. The molecule has 3 aromatic rings. The number of hydrogen-bond donors (Lipinski definition) is 3. The van der Waals surface area contributed by atoms with Crippen molar-refractivity contribution in [1.29, 1.82) is 0 Å². The van der Waals surface area contributed by atoms with Gasteiger partial charge in [-0.05, 0) is 37.0 Å². The van der Waals surface area contributed by atoms with Crippen LogP contribution in [-0.2, 0) is 0 Å². The Kier molecular flexibility index (Phi) is 5.21. The molecule has 1 heterocycles. The van der Waals surface area contributed by atoms with Crippen LogP contribution in [0.2, 0.25) is 5.02 Å². The lowest BCUT2D eigenvalue weighted by atomic mass is 9.70. The summed E-state index contributed by atoms with van der Waals surface area (Å²) in [6.07, 6.45) is -4.68. The quantitative estimate of drug-likeness (QED) is 0.427. The van der Waals surface area contributed by atoms with Crippen molar-refractivity contribution in [2.24, 2.45) is 0 Å². The van der Waals surface area contributed by atoms with E-state index in [-0.39, 0.29) is 27.7 Å². The molecule has 4 rings (SSSR count). The number of aliphatic hydroxyl groups is 1. The molecule has 0 radical (unpaired) electrons. The lowest BCUT2D eigenvalue weighted by Crippen LogP contribution is -2.55. The fraction of sp³-hybridized carbons (Fsp3) is 0.333. The van der Waals surface area contributed by atoms with Crippen molar-refractivity contribution in [3.63, 3.8) is 0 Å². The van der Waals surface area contributed by atoms with Gasteiger partial charge in [-0.25, -0.2) is 18.7 Å². The Balaban J connectivity index is 1.97. The fourth-order valence-electron chi connectivity index (χ4n) is 4.29. The van der Waals surface area contributed by atoms with Crippen LogP contribution in [0.1, 0.15) is 42.3 Å². The van der Waals surface area contributed by atoms with Crippen molar-refractivity contribution in [2.45, 2.75) is 44.0 Å².